The first-order valence-corrected chi connectivity index (χ1v) is 5.47. The van der Waals surface area contributed by atoms with Gasteiger partial charge in [0.15, 0.2) is 0 Å². The van der Waals surface area contributed by atoms with Crippen LogP contribution in [0, 0.1) is 5.92 Å². The molecule has 1 aliphatic rings. The van der Waals surface area contributed by atoms with Crippen molar-refractivity contribution in [2.24, 2.45) is 5.92 Å². The molecule has 0 aromatic heterocycles. The van der Waals surface area contributed by atoms with Gasteiger partial charge in [-0.05, 0) is 43.7 Å². The van der Waals surface area contributed by atoms with Crippen molar-refractivity contribution in [2.75, 3.05) is 19.7 Å². The SMILES string of the molecule is Oc1ccc(OCC2CCCNC2)cc1. The summed E-state index contributed by atoms with van der Waals surface area (Å²) in [6.07, 6.45) is 2.48. The smallest absolute Gasteiger partial charge is 0.119 e. The van der Waals surface area contributed by atoms with E-state index in [-0.39, 0.29) is 5.75 Å². The van der Waals surface area contributed by atoms with Crippen LogP contribution in [-0.2, 0) is 0 Å². The average Bonchev–Trinajstić information content (AvgIpc) is 2.30. The molecule has 0 saturated carbocycles. The van der Waals surface area contributed by atoms with Crippen LogP contribution >= 0.6 is 0 Å². The second-order valence-electron chi connectivity index (χ2n) is 4.02. The zero-order valence-corrected chi connectivity index (χ0v) is 8.78. The van der Waals surface area contributed by atoms with Gasteiger partial charge in [0.1, 0.15) is 11.5 Å². The Hall–Kier alpha value is -1.22. The molecule has 2 rings (SSSR count). The summed E-state index contributed by atoms with van der Waals surface area (Å²) in [5.74, 6) is 1.73. The van der Waals surface area contributed by atoms with Crippen LogP contribution in [0.4, 0.5) is 0 Å². The van der Waals surface area contributed by atoms with Gasteiger partial charge in [0.25, 0.3) is 0 Å². The zero-order valence-electron chi connectivity index (χ0n) is 8.78. The van der Waals surface area contributed by atoms with Crippen LogP contribution in [0.1, 0.15) is 12.8 Å². The summed E-state index contributed by atoms with van der Waals surface area (Å²) in [5.41, 5.74) is 0. The van der Waals surface area contributed by atoms with Gasteiger partial charge in [-0.1, -0.05) is 0 Å². The molecule has 3 heteroatoms. The predicted octanol–water partition coefficient (Wildman–Crippen LogP) is 1.77. The second-order valence-corrected chi connectivity index (χ2v) is 4.02. The van der Waals surface area contributed by atoms with Crippen molar-refractivity contribution < 1.29 is 9.84 Å². The van der Waals surface area contributed by atoms with E-state index in [0.717, 1.165) is 25.4 Å². The summed E-state index contributed by atoms with van der Waals surface area (Å²) in [4.78, 5) is 0. The van der Waals surface area contributed by atoms with Gasteiger partial charge in [-0.15, -0.1) is 0 Å². The van der Waals surface area contributed by atoms with Crippen molar-refractivity contribution in [3.05, 3.63) is 24.3 Å². The number of aromatic hydroxyl groups is 1. The van der Waals surface area contributed by atoms with E-state index in [2.05, 4.69) is 5.32 Å². The molecular weight excluding hydrogens is 190 g/mol. The number of nitrogens with one attached hydrogen (secondary N) is 1. The summed E-state index contributed by atoms with van der Waals surface area (Å²) in [6.45, 7) is 2.95. The number of benzene rings is 1. The molecule has 3 nitrogen and oxygen atoms in total. The van der Waals surface area contributed by atoms with Crippen LogP contribution in [0.15, 0.2) is 24.3 Å². The van der Waals surface area contributed by atoms with Gasteiger partial charge in [0, 0.05) is 12.5 Å². The average molecular weight is 207 g/mol. The van der Waals surface area contributed by atoms with Gasteiger partial charge in [0.2, 0.25) is 0 Å². The lowest BCUT2D eigenvalue weighted by atomic mass is 10.0. The van der Waals surface area contributed by atoms with E-state index in [9.17, 15) is 0 Å². The standard InChI is InChI=1S/C12H17NO2/c14-11-3-5-12(6-4-11)15-9-10-2-1-7-13-8-10/h3-6,10,13-14H,1-2,7-9H2. The molecule has 1 saturated heterocycles. The Bertz CT molecular complexity index is 291. The van der Waals surface area contributed by atoms with E-state index in [1.165, 1.54) is 12.8 Å². The largest absolute Gasteiger partial charge is 0.508 e. The van der Waals surface area contributed by atoms with Crippen LogP contribution in [0.3, 0.4) is 0 Å². The van der Waals surface area contributed by atoms with Crippen molar-refractivity contribution in [3.8, 4) is 11.5 Å². The molecule has 1 fully saturated rings. The van der Waals surface area contributed by atoms with Crippen LogP contribution in [-0.4, -0.2) is 24.8 Å². The van der Waals surface area contributed by atoms with E-state index < -0.39 is 0 Å². The molecule has 1 aromatic rings. The number of hydrogen-bond donors (Lipinski definition) is 2. The lowest BCUT2D eigenvalue weighted by Gasteiger charge is -2.22. The Labute approximate surface area is 90.1 Å². The van der Waals surface area contributed by atoms with Crippen molar-refractivity contribution in [1.29, 1.82) is 0 Å². The minimum absolute atomic E-state index is 0.279. The monoisotopic (exact) mass is 207 g/mol. The Balaban J connectivity index is 1.79. The van der Waals surface area contributed by atoms with Crippen LogP contribution in [0.25, 0.3) is 0 Å². The third-order valence-electron chi connectivity index (χ3n) is 2.72. The molecule has 0 radical (unpaired) electrons. The molecular formula is C12H17NO2. The molecule has 1 unspecified atom stereocenters. The van der Waals surface area contributed by atoms with E-state index in [1.807, 2.05) is 0 Å². The second kappa shape index (κ2) is 5.03. The fourth-order valence-electron chi connectivity index (χ4n) is 1.82. The molecule has 1 aliphatic heterocycles. The molecule has 1 heterocycles. The van der Waals surface area contributed by atoms with E-state index in [0.29, 0.717) is 5.92 Å². The maximum Gasteiger partial charge on any atom is 0.119 e. The normalized spacial score (nSPS) is 21.2. The fourth-order valence-corrected chi connectivity index (χ4v) is 1.82. The van der Waals surface area contributed by atoms with Crippen molar-refractivity contribution in [1.82, 2.24) is 5.32 Å². The Morgan fingerprint density at radius 1 is 1.33 bits per heavy atom. The summed E-state index contributed by atoms with van der Waals surface area (Å²) in [6, 6.07) is 6.89. The first-order valence-electron chi connectivity index (χ1n) is 5.47. The molecule has 0 bridgehead atoms. The van der Waals surface area contributed by atoms with E-state index >= 15 is 0 Å². The lowest BCUT2D eigenvalue weighted by Crippen LogP contribution is -2.33. The highest BCUT2D eigenvalue weighted by Gasteiger charge is 2.13. The highest BCUT2D eigenvalue weighted by Crippen LogP contribution is 2.18. The molecule has 0 aliphatic carbocycles. The summed E-state index contributed by atoms with van der Waals surface area (Å²) in [7, 11) is 0. The number of phenols is 1. The molecule has 15 heavy (non-hydrogen) atoms. The van der Waals surface area contributed by atoms with Gasteiger partial charge in [-0.2, -0.15) is 0 Å². The first kappa shape index (κ1) is 10.3. The van der Waals surface area contributed by atoms with Crippen LogP contribution in [0.5, 0.6) is 11.5 Å². The number of ether oxygens (including phenoxy) is 1. The van der Waals surface area contributed by atoms with Gasteiger partial charge < -0.3 is 15.2 Å². The van der Waals surface area contributed by atoms with Crippen molar-refractivity contribution in [2.45, 2.75) is 12.8 Å². The Morgan fingerprint density at radius 2 is 2.13 bits per heavy atom. The van der Waals surface area contributed by atoms with E-state index in [4.69, 9.17) is 9.84 Å². The highest BCUT2D eigenvalue weighted by atomic mass is 16.5. The fraction of sp³-hybridized carbons (Fsp3) is 0.500. The number of piperidine rings is 1. The zero-order chi connectivity index (χ0) is 10.5. The molecule has 1 atom stereocenters. The molecule has 1 aromatic carbocycles. The topological polar surface area (TPSA) is 41.5 Å². The van der Waals surface area contributed by atoms with Crippen molar-refractivity contribution in [3.63, 3.8) is 0 Å². The number of hydrogen-bond acceptors (Lipinski definition) is 3. The third kappa shape index (κ3) is 3.13. The van der Waals surface area contributed by atoms with E-state index in [1.54, 1.807) is 24.3 Å². The van der Waals surface area contributed by atoms with Gasteiger partial charge in [-0.25, -0.2) is 0 Å². The highest BCUT2D eigenvalue weighted by molar-refractivity contribution is 5.30. The summed E-state index contributed by atoms with van der Waals surface area (Å²) < 4.78 is 5.65. The summed E-state index contributed by atoms with van der Waals surface area (Å²) in [5, 5.41) is 12.5. The van der Waals surface area contributed by atoms with Gasteiger partial charge in [-0.3, -0.25) is 0 Å². The molecule has 2 N–H and O–H groups in total. The molecule has 82 valence electrons. The molecule has 0 spiro atoms. The lowest BCUT2D eigenvalue weighted by molar-refractivity contribution is 0.218. The van der Waals surface area contributed by atoms with Crippen LogP contribution < -0.4 is 10.1 Å². The minimum atomic E-state index is 0.279. The molecule has 0 amide bonds. The summed E-state index contributed by atoms with van der Waals surface area (Å²) >= 11 is 0. The van der Waals surface area contributed by atoms with Gasteiger partial charge >= 0.3 is 0 Å². The van der Waals surface area contributed by atoms with Gasteiger partial charge in [0.05, 0.1) is 6.61 Å². The Morgan fingerprint density at radius 3 is 2.80 bits per heavy atom. The predicted molar refractivity (Wildman–Crippen MR) is 59.2 cm³/mol. The quantitative estimate of drug-likeness (QED) is 0.793. The third-order valence-corrected chi connectivity index (χ3v) is 2.72. The minimum Gasteiger partial charge on any atom is -0.508 e. The first-order chi connectivity index (χ1) is 7.34. The Kier molecular flexibility index (Phi) is 3.45. The number of phenolic OH excluding ortho intramolecular Hbond substituents is 1. The van der Waals surface area contributed by atoms with Crippen molar-refractivity contribution >= 4 is 0 Å². The van der Waals surface area contributed by atoms with Crippen LogP contribution in [0.2, 0.25) is 0 Å². The number of rotatable bonds is 3. The maximum atomic E-state index is 9.11. The maximum absolute atomic E-state index is 9.11.